The summed E-state index contributed by atoms with van der Waals surface area (Å²) in [7, 11) is 1.37. The Morgan fingerprint density at radius 2 is 2.24 bits per heavy atom. The third kappa shape index (κ3) is 3.97. The summed E-state index contributed by atoms with van der Waals surface area (Å²) in [4.78, 5) is 13.2. The molecule has 8 nitrogen and oxygen atoms in total. The van der Waals surface area contributed by atoms with Gasteiger partial charge in [0.15, 0.2) is 0 Å². The summed E-state index contributed by atoms with van der Waals surface area (Å²) in [5, 5.41) is 12.0. The number of fused-ring (bicyclic) bond motifs is 1. The van der Waals surface area contributed by atoms with Gasteiger partial charge in [0, 0.05) is 5.56 Å². The topological polar surface area (TPSA) is 95.5 Å². The Hall–Kier alpha value is -3.66. The lowest BCUT2D eigenvalue weighted by Crippen LogP contribution is -2.13. The summed E-state index contributed by atoms with van der Waals surface area (Å²) in [6.07, 6.45) is 4.34. The molecule has 1 unspecified atom stereocenters. The summed E-state index contributed by atoms with van der Waals surface area (Å²) >= 11 is 1.49. The van der Waals surface area contributed by atoms with Crippen molar-refractivity contribution in [1.29, 1.82) is 0 Å². The minimum atomic E-state index is -0.850. The van der Waals surface area contributed by atoms with Crippen molar-refractivity contribution in [2.24, 2.45) is 5.16 Å². The van der Waals surface area contributed by atoms with Crippen molar-refractivity contribution in [3.63, 3.8) is 0 Å². The van der Waals surface area contributed by atoms with E-state index in [4.69, 9.17) is 9.15 Å². The molecule has 0 spiro atoms. The van der Waals surface area contributed by atoms with Crippen LogP contribution in [0.2, 0.25) is 0 Å². The van der Waals surface area contributed by atoms with E-state index in [2.05, 4.69) is 36.7 Å². The van der Waals surface area contributed by atoms with Crippen molar-refractivity contribution in [2.75, 3.05) is 7.11 Å². The lowest BCUT2D eigenvalue weighted by Gasteiger charge is -2.16. The molecule has 0 saturated heterocycles. The molecule has 10 heteroatoms. The predicted octanol–water partition coefficient (Wildman–Crippen LogP) is 4.01. The number of nitrogens with zero attached hydrogens (tertiary/aromatic N) is 5. The molecule has 0 amide bonds. The van der Waals surface area contributed by atoms with Crippen molar-refractivity contribution in [1.82, 2.24) is 20.2 Å². The van der Waals surface area contributed by atoms with Crippen LogP contribution in [0.5, 0.6) is 5.75 Å². The molecule has 0 aliphatic rings. The summed E-state index contributed by atoms with van der Waals surface area (Å²) in [5.74, 6) is 0.162. The number of ether oxygens (including phenoxy) is 1. The summed E-state index contributed by atoms with van der Waals surface area (Å²) in [6.45, 7) is 3.74. The van der Waals surface area contributed by atoms with Crippen molar-refractivity contribution in [2.45, 2.75) is 6.10 Å². The molecule has 1 aromatic carbocycles. The molecule has 0 radical (unpaired) electrons. The van der Waals surface area contributed by atoms with Crippen molar-refractivity contribution in [3.05, 3.63) is 71.4 Å². The monoisotopic (exact) mass is 411 g/mol. The van der Waals surface area contributed by atoms with E-state index in [9.17, 15) is 4.39 Å². The van der Waals surface area contributed by atoms with Crippen LogP contribution in [0.3, 0.4) is 0 Å². The smallest absolute Gasteiger partial charge is 0.263 e. The SMILES string of the molecule is C=Cc1nc2ccc(OC(c3cc(/C=N/OC)c(F)cn3)c3nnco3)cc2s1. The van der Waals surface area contributed by atoms with Gasteiger partial charge in [-0.15, -0.1) is 21.5 Å². The largest absolute Gasteiger partial charge is 0.474 e. The molecule has 3 heterocycles. The highest BCUT2D eigenvalue weighted by molar-refractivity contribution is 7.19. The number of pyridine rings is 1. The molecule has 3 aromatic heterocycles. The number of hydrogen-bond acceptors (Lipinski definition) is 9. The molecular weight excluding hydrogens is 397 g/mol. The lowest BCUT2D eigenvalue weighted by molar-refractivity contribution is 0.203. The molecule has 29 heavy (non-hydrogen) atoms. The van der Waals surface area contributed by atoms with Crippen LogP contribution in [0.15, 0.2) is 53.0 Å². The molecule has 0 aliphatic heterocycles. The quantitative estimate of drug-likeness (QED) is 0.335. The molecule has 0 bridgehead atoms. The Morgan fingerprint density at radius 3 is 3.00 bits per heavy atom. The van der Waals surface area contributed by atoms with E-state index in [0.717, 1.165) is 21.4 Å². The average Bonchev–Trinajstić information content (AvgIpc) is 3.40. The number of hydrogen-bond donors (Lipinski definition) is 0. The van der Waals surface area contributed by atoms with Crippen molar-refractivity contribution < 1.29 is 18.4 Å². The standard InChI is InChI=1S/C19H14FN5O3S/c1-3-17-24-14-5-4-12(7-16(14)29-17)28-18(19-25-22-10-27-19)15-6-11(8-23-26-2)13(20)9-21-15/h3-10,18H,1H2,2H3/b23-8+. The Balaban J connectivity index is 1.72. The fourth-order valence-electron chi connectivity index (χ4n) is 2.58. The maximum Gasteiger partial charge on any atom is 0.263 e. The molecule has 146 valence electrons. The van der Waals surface area contributed by atoms with E-state index in [1.165, 1.54) is 37.1 Å². The van der Waals surface area contributed by atoms with Crippen LogP contribution >= 0.6 is 11.3 Å². The zero-order valence-electron chi connectivity index (χ0n) is 15.2. The van der Waals surface area contributed by atoms with Crippen LogP contribution in [0.25, 0.3) is 16.3 Å². The summed E-state index contributed by atoms with van der Waals surface area (Å²) < 4.78 is 26.4. The van der Waals surface area contributed by atoms with Gasteiger partial charge in [0.1, 0.15) is 23.7 Å². The van der Waals surface area contributed by atoms with Gasteiger partial charge in [0.05, 0.1) is 28.3 Å². The number of halogens is 1. The molecule has 0 N–H and O–H groups in total. The first-order valence-corrected chi connectivity index (χ1v) is 9.17. The molecule has 0 aliphatic carbocycles. The number of rotatable bonds is 7. The number of thiazole rings is 1. The maximum atomic E-state index is 14.0. The van der Waals surface area contributed by atoms with Crippen LogP contribution in [-0.2, 0) is 4.84 Å². The first-order valence-electron chi connectivity index (χ1n) is 8.35. The normalized spacial score (nSPS) is 12.3. The molecule has 4 rings (SSSR count). The van der Waals surface area contributed by atoms with E-state index >= 15 is 0 Å². The van der Waals surface area contributed by atoms with Gasteiger partial charge < -0.3 is 14.0 Å². The second-order valence-corrected chi connectivity index (χ2v) is 6.77. The maximum absolute atomic E-state index is 14.0. The highest BCUT2D eigenvalue weighted by Crippen LogP contribution is 2.31. The molecule has 0 fully saturated rings. The van der Waals surface area contributed by atoms with E-state index in [-0.39, 0.29) is 11.5 Å². The molecular formula is C19H14FN5O3S. The van der Waals surface area contributed by atoms with E-state index in [1.54, 1.807) is 12.1 Å². The number of oxime groups is 1. The molecule has 0 saturated carbocycles. The van der Waals surface area contributed by atoms with Crippen molar-refractivity contribution >= 4 is 33.8 Å². The van der Waals surface area contributed by atoms with Gasteiger partial charge >= 0.3 is 0 Å². The summed E-state index contributed by atoms with van der Waals surface area (Å²) in [5.41, 5.74) is 1.38. The Labute approximate surface area is 168 Å². The second-order valence-electron chi connectivity index (χ2n) is 5.71. The van der Waals surface area contributed by atoms with E-state index < -0.39 is 11.9 Å². The van der Waals surface area contributed by atoms with Gasteiger partial charge in [0.2, 0.25) is 12.5 Å². The van der Waals surface area contributed by atoms with Crippen molar-refractivity contribution in [3.8, 4) is 5.75 Å². The first-order chi connectivity index (χ1) is 14.2. The van der Waals surface area contributed by atoms with Gasteiger partial charge in [-0.3, -0.25) is 4.98 Å². The number of aromatic nitrogens is 4. The van der Waals surface area contributed by atoms with E-state index in [0.29, 0.717) is 11.4 Å². The minimum absolute atomic E-state index is 0.176. The predicted molar refractivity (Wildman–Crippen MR) is 105 cm³/mol. The highest BCUT2D eigenvalue weighted by atomic mass is 32.1. The third-order valence-corrected chi connectivity index (χ3v) is 4.89. The Kier molecular flexibility index (Phi) is 5.25. The molecule has 4 aromatic rings. The highest BCUT2D eigenvalue weighted by Gasteiger charge is 2.24. The van der Waals surface area contributed by atoms with Gasteiger partial charge in [-0.2, -0.15) is 0 Å². The minimum Gasteiger partial charge on any atom is -0.474 e. The Morgan fingerprint density at radius 1 is 1.34 bits per heavy atom. The van der Waals surface area contributed by atoms with Crippen LogP contribution < -0.4 is 4.74 Å². The van der Waals surface area contributed by atoms with Gasteiger partial charge in [-0.05, 0) is 30.3 Å². The van der Waals surface area contributed by atoms with Crippen LogP contribution in [0, 0.1) is 5.82 Å². The van der Waals surface area contributed by atoms with Gasteiger partial charge in [-0.1, -0.05) is 11.7 Å². The summed E-state index contributed by atoms with van der Waals surface area (Å²) in [6, 6.07) is 6.94. The average molecular weight is 411 g/mol. The zero-order valence-corrected chi connectivity index (χ0v) is 16.0. The fraction of sp³-hybridized carbons (Fsp3) is 0.105. The van der Waals surface area contributed by atoms with Crippen LogP contribution in [0.4, 0.5) is 4.39 Å². The number of benzene rings is 1. The third-order valence-electron chi connectivity index (χ3n) is 3.88. The Bertz CT molecular complexity index is 1180. The van der Waals surface area contributed by atoms with Gasteiger partial charge in [-0.25, -0.2) is 9.37 Å². The van der Waals surface area contributed by atoms with Crippen LogP contribution in [-0.4, -0.2) is 33.5 Å². The zero-order chi connectivity index (χ0) is 20.2. The van der Waals surface area contributed by atoms with Gasteiger partial charge in [0.25, 0.3) is 5.89 Å². The lowest BCUT2D eigenvalue weighted by atomic mass is 10.1. The van der Waals surface area contributed by atoms with E-state index in [1.807, 2.05) is 12.1 Å². The second kappa shape index (κ2) is 8.15. The fourth-order valence-corrected chi connectivity index (χ4v) is 3.42. The first kappa shape index (κ1) is 18.7. The molecule has 1 atom stereocenters. The van der Waals surface area contributed by atoms with Crippen LogP contribution in [0.1, 0.15) is 28.3 Å².